The number of hydrogen-bond acceptors (Lipinski definition) is 6. The maximum Gasteiger partial charge on any atom is 0.408 e. The monoisotopic (exact) mass is 465 g/mol. The lowest BCUT2D eigenvalue weighted by Crippen LogP contribution is -2.54. The van der Waals surface area contributed by atoms with E-state index in [0.717, 1.165) is 0 Å². The fourth-order valence-electron chi connectivity index (χ4n) is 3.01. The Morgan fingerprint density at radius 3 is 2.38 bits per heavy atom. The molecule has 0 aromatic heterocycles. The Bertz CT molecular complexity index is 835. The van der Waals surface area contributed by atoms with Crippen LogP contribution in [0.4, 0.5) is 4.79 Å². The second kappa shape index (κ2) is 11.8. The van der Waals surface area contributed by atoms with Gasteiger partial charge in [-0.2, -0.15) is 12.6 Å². The van der Waals surface area contributed by atoms with Crippen molar-refractivity contribution in [3.8, 4) is 5.75 Å². The van der Waals surface area contributed by atoms with Gasteiger partial charge in [0.05, 0.1) is 0 Å². The number of carbonyl (C=O) groups is 3. The summed E-state index contributed by atoms with van der Waals surface area (Å²) in [6.07, 6.45) is 0.703. The number of nitrogens with zero attached hydrogens (tertiary/aromatic N) is 1. The number of aryl methyl sites for hydroxylation is 1. The molecular weight excluding hydrogens is 430 g/mol. The van der Waals surface area contributed by atoms with E-state index < -0.39 is 35.6 Å². The summed E-state index contributed by atoms with van der Waals surface area (Å²) in [6.45, 7) is 14.1. The zero-order valence-electron chi connectivity index (χ0n) is 19.6. The van der Waals surface area contributed by atoms with Gasteiger partial charge in [-0.15, -0.1) is 6.58 Å². The van der Waals surface area contributed by atoms with Gasteiger partial charge < -0.3 is 25.4 Å². The number of ether oxygens (including phenoxy) is 1. The van der Waals surface area contributed by atoms with Crippen molar-refractivity contribution in [2.75, 3.05) is 12.3 Å². The highest BCUT2D eigenvalue weighted by Gasteiger charge is 2.36. The topological polar surface area (TPSA) is 108 Å². The molecule has 0 fully saturated rings. The van der Waals surface area contributed by atoms with Crippen LogP contribution in [0.1, 0.15) is 51.8 Å². The number of nitrogens with one attached hydrogen (secondary N) is 2. The van der Waals surface area contributed by atoms with E-state index in [1.165, 1.54) is 11.0 Å². The lowest BCUT2D eigenvalue weighted by Gasteiger charge is -2.34. The molecule has 0 aliphatic carbocycles. The maximum atomic E-state index is 13.5. The van der Waals surface area contributed by atoms with Crippen molar-refractivity contribution in [2.45, 2.75) is 65.3 Å². The van der Waals surface area contributed by atoms with Crippen LogP contribution in [-0.4, -0.2) is 57.9 Å². The van der Waals surface area contributed by atoms with Crippen molar-refractivity contribution in [2.24, 2.45) is 0 Å². The molecule has 0 saturated heterocycles. The van der Waals surface area contributed by atoms with Crippen molar-refractivity contribution in [1.82, 2.24) is 15.5 Å². The highest BCUT2D eigenvalue weighted by Crippen LogP contribution is 2.32. The third kappa shape index (κ3) is 7.78. The Morgan fingerprint density at radius 1 is 1.25 bits per heavy atom. The van der Waals surface area contributed by atoms with Crippen LogP contribution in [0.25, 0.3) is 0 Å². The van der Waals surface area contributed by atoms with Crippen LogP contribution < -0.4 is 10.6 Å². The lowest BCUT2D eigenvalue weighted by molar-refractivity contribution is -0.141. The van der Waals surface area contributed by atoms with E-state index in [1.807, 2.05) is 0 Å². The first kappa shape index (κ1) is 27.4. The molecule has 32 heavy (non-hydrogen) atoms. The second-order valence-electron chi connectivity index (χ2n) is 8.74. The molecule has 0 heterocycles. The van der Waals surface area contributed by atoms with Gasteiger partial charge >= 0.3 is 6.09 Å². The van der Waals surface area contributed by atoms with Gasteiger partial charge in [-0.1, -0.05) is 24.3 Å². The van der Waals surface area contributed by atoms with E-state index >= 15 is 0 Å². The summed E-state index contributed by atoms with van der Waals surface area (Å²) in [5.74, 6) is -1.13. The summed E-state index contributed by atoms with van der Waals surface area (Å²) in [5, 5.41) is 16.0. The molecule has 178 valence electrons. The van der Waals surface area contributed by atoms with Crippen molar-refractivity contribution < 1.29 is 24.2 Å². The number of aromatic hydroxyl groups is 1. The molecular formula is C23H35N3O5S. The standard InChI is InChI=1S/C23H35N3O5S/c1-8-12-26(21(29)17(13-32)25-22(30)31-23(5,6)7)18(20(28)24-14(2)3)16-11-9-10-15(4)19(16)27/h8-11,14,17-18,27,32H,1,12-13H2,2-7H3,(H,24,28)(H,25,30). The third-order valence-corrected chi connectivity index (χ3v) is 4.70. The van der Waals surface area contributed by atoms with Crippen molar-refractivity contribution in [3.05, 3.63) is 42.0 Å². The fourth-order valence-corrected chi connectivity index (χ4v) is 3.26. The van der Waals surface area contributed by atoms with Gasteiger partial charge in [-0.3, -0.25) is 9.59 Å². The minimum atomic E-state index is -1.15. The van der Waals surface area contributed by atoms with Crippen LogP contribution >= 0.6 is 12.6 Å². The van der Waals surface area contributed by atoms with Gasteiger partial charge in [-0.05, 0) is 47.1 Å². The quantitative estimate of drug-likeness (QED) is 0.331. The first-order valence-electron chi connectivity index (χ1n) is 10.4. The molecule has 3 amide bonds. The first-order valence-corrected chi connectivity index (χ1v) is 11.1. The van der Waals surface area contributed by atoms with Crippen LogP contribution in [0.15, 0.2) is 30.9 Å². The number of amides is 3. The molecule has 2 atom stereocenters. The molecule has 0 saturated carbocycles. The average Bonchev–Trinajstić information content (AvgIpc) is 2.66. The van der Waals surface area contributed by atoms with Gasteiger partial charge in [0.1, 0.15) is 23.4 Å². The number of phenolic OH excluding ortho intramolecular Hbond substituents is 1. The first-order chi connectivity index (χ1) is 14.8. The summed E-state index contributed by atoms with van der Waals surface area (Å²) in [5.41, 5.74) is 0.0873. The number of para-hydroxylation sites is 1. The van der Waals surface area contributed by atoms with Gasteiger partial charge in [0.15, 0.2) is 0 Å². The maximum absolute atomic E-state index is 13.5. The van der Waals surface area contributed by atoms with Gasteiger partial charge in [0.25, 0.3) is 0 Å². The zero-order chi connectivity index (χ0) is 24.6. The molecule has 0 bridgehead atoms. The van der Waals surface area contributed by atoms with Crippen LogP contribution in [0.3, 0.4) is 0 Å². The molecule has 0 aliphatic rings. The number of carbonyl (C=O) groups excluding carboxylic acids is 3. The Hall–Kier alpha value is -2.68. The number of alkyl carbamates (subject to hydrolysis) is 1. The third-order valence-electron chi connectivity index (χ3n) is 4.34. The summed E-state index contributed by atoms with van der Waals surface area (Å²) >= 11 is 4.21. The van der Waals surface area contributed by atoms with Crippen LogP contribution in [0.2, 0.25) is 0 Å². The molecule has 1 aromatic rings. The summed E-state index contributed by atoms with van der Waals surface area (Å²) in [7, 11) is 0. The Morgan fingerprint density at radius 2 is 1.88 bits per heavy atom. The highest BCUT2D eigenvalue weighted by molar-refractivity contribution is 7.80. The lowest BCUT2D eigenvalue weighted by atomic mass is 9.99. The zero-order valence-corrected chi connectivity index (χ0v) is 20.5. The van der Waals surface area contributed by atoms with E-state index in [9.17, 15) is 19.5 Å². The minimum absolute atomic E-state index is 0.00265. The van der Waals surface area contributed by atoms with Gasteiger partial charge in [0.2, 0.25) is 11.8 Å². The van der Waals surface area contributed by atoms with E-state index in [4.69, 9.17) is 4.74 Å². The average molecular weight is 466 g/mol. The van der Waals surface area contributed by atoms with E-state index in [0.29, 0.717) is 5.56 Å². The minimum Gasteiger partial charge on any atom is -0.507 e. The number of thiol groups is 1. The number of hydrogen-bond donors (Lipinski definition) is 4. The van der Waals surface area contributed by atoms with Crippen molar-refractivity contribution >= 4 is 30.5 Å². The molecule has 8 nitrogen and oxygen atoms in total. The molecule has 1 aromatic carbocycles. The molecule has 1 rings (SSSR count). The SMILES string of the molecule is C=CCN(C(=O)C(CS)NC(=O)OC(C)(C)C)C(C(=O)NC(C)C)c1cccc(C)c1O. The molecule has 3 N–H and O–H groups in total. The Balaban J connectivity index is 3.41. The molecule has 0 aliphatic heterocycles. The Labute approximate surface area is 195 Å². The molecule has 2 unspecified atom stereocenters. The number of phenols is 1. The normalized spacial score (nSPS) is 13.1. The summed E-state index contributed by atoms with van der Waals surface area (Å²) < 4.78 is 5.25. The summed E-state index contributed by atoms with van der Waals surface area (Å²) in [6, 6.07) is 2.59. The Kier molecular flexibility index (Phi) is 10.1. The number of rotatable bonds is 9. The fraction of sp³-hybridized carbons (Fsp3) is 0.522. The van der Waals surface area contributed by atoms with Crippen LogP contribution in [-0.2, 0) is 14.3 Å². The largest absolute Gasteiger partial charge is 0.507 e. The smallest absolute Gasteiger partial charge is 0.408 e. The van der Waals surface area contributed by atoms with E-state index in [1.54, 1.807) is 59.7 Å². The molecule has 0 spiro atoms. The van der Waals surface area contributed by atoms with Gasteiger partial charge in [0, 0.05) is 23.9 Å². The predicted octanol–water partition coefficient (Wildman–Crippen LogP) is 3.10. The van der Waals surface area contributed by atoms with Crippen LogP contribution in [0, 0.1) is 6.92 Å². The molecule has 9 heteroatoms. The van der Waals surface area contributed by atoms with E-state index in [2.05, 4.69) is 29.8 Å². The number of benzene rings is 1. The van der Waals surface area contributed by atoms with Crippen molar-refractivity contribution in [3.63, 3.8) is 0 Å². The second-order valence-corrected chi connectivity index (χ2v) is 9.10. The molecule has 0 radical (unpaired) electrons. The highest BCUT2D eigenvalue weighted by atomic mass is 32.1. The van der Waals surface area contributed by atoms with E-state index in [-0.39, 0.29) is 29.7 Å². The van der Waals surface area contributed by atoms with Crippen LogP contribution in [0.5, 0.6) is 5.75 Å². The van der Waals surface area contributed by atoms with Gasteiger partial charge in [-0.25, -0.2) is 4.79 Å². The predicted molar refractivity (Wildman–Crippen MR) is 128 cm³/mol. The van der Waals surface area contributed by atoms with Crippen molar-refractivity contribution in [1.29, 1.82) is 0 Å². The summed E-state index contributed by atoms with van der Waals surface area (Å²) in [4.78, 5) is 40.2.